The molecule has 4 atom stereocenters. The van der Waals surface area contributed by atoms with Crippen molar-refractivity contribution in [3.8, 4) is 11.3 Å². The van der Waals surface area contributed by atoms with Crippen LogP contribution >= 0.6 is 11.3 Å². The Balaban J connectivity index is 0.971. The SMILES string of the molecule is COC(=O)N[C@H](C(=O)N1CCC[C@H]1C1=NC=C(c2ccc3c(c2)sc2cc(-c4cnc([C@@H]5CCCN5C(=O)[C@H](NC(=O)OC)c5ccccc5)[nH]4)ccc23)C1)C(C)C. The van der Waals surface area contributed by atoms with Gasteiger partial charge in [0.05, 0.1) is 38.2 Å². The number of methoxy groups -OCH3 is 2. The Bertz CT molecular complexity index is 2440. The van der Waals surface area contributed by atoms with E-state index >= 15 is 0 Å². The number of likely N-dealkylation sites (tertiary alicyclic amines) is 2. The highest BCUT2D eigenvalue weighted by molar-refractivity contribution is 7.25. The largest absolute Gasteiger partial charge is 0.453 e. The van der Waals surface area contributed by atoms with Crippen molar-refractivity contribution in [3.63, 3.8) is 0 Å². The minimum absolute atomic E-state index is 0.0916. The van der Waals surface area contributed by atoms with E-state index in [4.69, 9.17) is 19.5 Å². The third-order valence-corrected chi connectivity index (χ3v) is 12.6. The third kappa shape index (κ3) is 7.55. The molecule has 58 heavy (non-hydrogen) atoms. The number of fused-ring (bicyclic) bond motifs is 3. The van der Waals surface area contributed by atoms with Gasteiger partial charge in [-0.1, -0.05) is 68.4 Å². The number of allylic oxidation sites excluding steroid dienone is 1. The normalized spacial score (nSPS) is 19.0. The van der Waals surface area contributed by atoms with Crippen LogP contribution < -0.4 is 10.6 Å². The summed E-state index contributed by atoms with van der Waals surface area (Å²) in [6.45, 7) is 5.02. The van der Waals surface area contributed by atoms with Crippen LogP contribution in [0.15, 0.2) is 84.1 Å². The predicted molar refractivity (Wildman–Crippen MR) is 224 cm³/mol. The number of carbonyl (C=O) groups is 4. The number of nitrogens with zero attached hydrogens (tertiary/aromatic N) is 4. The second kappa shape index (κ2) is 16.5. The van der Waals surface area contributed by atoms with E-state index < -0.39 is 24.3 Å². The first-order chi connectivity index (χ1) is 28.1. The lowest BCUT2D eigenvalue weighted by molar-refractivity contribution is -0.135. The summed E-state index contributed by atoms with van der Waals surface area (Å²) >= 11 is 1.74. The van der Waals surface area contributed by atoms with Crippen molar-refractivity contribution in [3.05, 3.63) is 96.1 Å². The van der Waals surface area contributed by atoms with Crippen molar-refractivity contribution in [2.75, 3.05) is 27.3 Å². The van der Waals surface area contributed by atoms with Gasteiger partial charge in [-0.15, -0.1) is 11.3 Å². The second-order valence-electron chi connectivity index (χ2n) is 15.4. The molecule has 4 amide bonds. The van der Waals surface area contributed by atoms with Crippen molar-refractivity contribution in [2.45, 2.75) is 70.1 Å². The van der Waals surface area contributed by atoms with E-state index in [-0.39, 0.29) is 29.8 Å². The number of ether oxygens (including phenoxy) is 2. The maximum Gasteiger partial charge on any atom is 0.407 e. The summed E-state index contributed by atoms with van der Waals surface area (Å²) in [6, 6.07) is 20.3. The van der Waals surface area contributed by atoms with E-state index in [2.05, 4.69) is 52.0 Å². The van der Waals surface area contributed by atoms with Crippen LogP contribution in [0.2, 0.25) is 0 Å². The summed E-state index contributed by atoms with van der Waals surface area (Å²) in [7, 11) is 2.59. The number of thiophene rings is 1. The van der Waals surface area contributed by atoms with E-state index in [0.717, 1.165) is 58.5 Å². The molecule has 13 nitrogen and oxygen atoms in total. The van der Waals surface area contributed by atoms with Crippen LogP contribution in [0.5, 0.6) is 0 Å². The number of hydrogen-bond donors (Lipinski definition) is 3. The molecule has 2 saturated heterocycles. The molecule has 0 spiro atoms. The number of aromatic nitrogens is 2. The van der Waals surface area contributed by atoms with E-state index in [1.807, 2.05) is 61.5 Å². The quantitative estimate of drug-likeness (QED) is 0.130. The number of aromatic amines is 1. The Labute approximate surface area is 340 Å². The number of rotatable bonds is 10. The fourth-order valence-electron chi connectivity index (χ4n) is 8.47. The monoisotopic (exact) mass is 801 g/mol. The zero-order valence-electron chi connectivity index (χ0n) is 33.0. The maximum atomic E-state index is 14.0. The van der Waals surface area contributed by atoms with Crippen LogP contribution in [-0.4, -0.2) is 88.9 Å². The molecular weight excluding hydrogens is 755 g/mol. The highest BCUT2D eigenvalue weighted by Crippen LogP contribution is 2.40. The molecule has 3 N–H and O–H groups in total. The molecule has 0 unspecified atom stereocenters. The van der Waals surface area contributed by atoms with Crippen LogP contribution in [0.1, 0.15) is 75.0 Å². The van der Waals surface area contributed by atoms with E-state index in [1.54, 1.807) is 16.2 Å². The Morgan fingerprint density at radius 1 is 0.810 bits per heavy atom. The second-order valence-corrected chi connectivity index (χ2v) is 16.5. The van der Waals surface area contributed by atoms with Gasteiger partial charge in [0, 0.05) is 57.2 Å². The van der Waals surface area contributed by atoms with Crippen molar-refractivity contribution in [1.82, 2.24) is 30.4 Å². The lowest BCUT2D eigenvalue weighted by Crippen LogP contribution is -2.53. The van der Waals surface area contributed by atoms with Gasteiger partial charge >= 0.3 is 12.2 Å². The van der Waals surface area contributed by atoms with Gasteiger partial charge in [-0.2, -0.15) is 0 Å². The van der Waals surface area contributed by atoms with Gasteiger partial charge in [0.1, 0.15) is 17.9 Å². The lowest BCUT2D eigenvalue weighted by atomic mass is 9.97. The molecular formula is C44H47N7O6S. The molecule has 0 saturated carbocycles. The molecule has 300 valence electrons. The molecule has 3 aliphatic heterocycles. The highest BCUT2D eigenvalue weighted by Gasteiger charge is 2.39. The first kappa shape index (κ1) is 38.8. The molecule has 5 heterocycles. The summed E-state index contributed by atoms with van der Waals surface area (Å²) in [6.07, 6.45) is 6.43. The summed E-state index contributed by atoms with van der Waals surface area (Å²) in [5.74, 6) is 0.306. The molecule has 3 aromatic carbocycles. The van der Waals surface area contributed by atoms with Crippen LogP contribution in [0, 0.1) is 5.92 Å². The van der Waals surface area contributed by atoms with E-state index in [1.165, 1.54) is 29.7 Å². The molecule has 14 heteroatoms. The molecule has 8 rings (SSSR count). The van der Waals surface area contributed by atoms with Crippen molar-refractivity contribution >= 4 is 66.8 Å². The first-order valence-electron chi connectivity index (χ1n) is 19.8. The van der Waals surface area contributed by atoms with Gasteiger partial charge < -0.3 is 34.9 Å². The number of H-pyrrole nitrogens is 1. The number of alkyl carbamates (subject to hydrolysis) is 2. The highest BCUT2D eigenvalue weighted by atomic mass is 32.1. The van der Waals surface area contributed by atoms with Gasteiger partial charge in [0.2, 0.25) is 5.91 Å². The number of aliphatic imine (C=N–C) groups is 1. The Hall–Kier alpha value is -6.02. The standard InChI is InChI=1S/C44H47N7O6S/c1-25(2)38(48-43(54)56-3)41(52)50-18-8-12-34(50)32-20-29(23-45-32)27-14-16-30-31-17-15-28(22-37(31)58-36(30)21-27)33-24-46-40(47-33)35-13-9-19-51(35)42(53)39(49-44(55)57-4)26-10-6-5-7-11-26/h5-7,10-11,14-17,21-25,34-35,38-39H,8-9,12-13,18-20H2,1-4H3,(H,46,47)(H,48,54)(H,49,55)/t34-,35-,38-,39+/m0/s1. The third-order valence-electron chi connectivity index (χ3n) is 11.5. The minimum Gasteiger partial charge on any atom is -0.453 e. The molecule has 0 radical (unpaired) electrons. The zero-order valence-corrected chi connectivity index (χ0v) is 33.8. The molecule has 3 aliphatic rings. The number of hydrogen-bond acceptors (Lipinski definition) is 9. The van der Waals surface area contributed by atoms with Crippen molar-refractivity contribution in [2.24, 2.45) is 10.9 Å². The molecule has 0 bridgehead atoms. The van der Waals surface area contributed by atoms with Gasteiger partial charge in [-0.25, -0.2) is 14.6 Å². The topological polar surface area (TPSA) is 158 Å². The summed E-state index contributed by atoms with van der Waals surface area (Å²) < 4.78 is 11.9. The van der Waals surface area contributed by atoms with Crippen molar-refractivity contribution in [1.29, 1.82) is 0 Å². The maximum absolute atomic E-state index is 14.0. The van der Waals surface area contributed by atoms with Crippen LogP contribution in [0.4, 0.5) is 9.59 Å². The van der Waals surface area contributed by atoms with Crippen LogP contribution in [-0.2, 0) is 19.1 Å². The average Bonchev–Trinajstić information content (AvgIpc) is 4.10. The number of imidazole rings is 1. The van der Waals surface area contributed by atoms with Crippen LogP contribution in [0.3, 0.4) is 0 Å². The Kier molecular flexibility index (Phi) is 11.0. The average molecular weight is 802 g/mol. The van der Waals surface area contributed by atoms with Gasteiger partial charge in [-0.3, -0.25) is 14.6 Å². The van der Waals surface area contributed by atoms with Crippen molar-refractivity contribution < 1.29 is 28.7 Å². The summed E-state index contributed by atoms with van der Waals surface area (Å²) in [5, 5.41) is 7.80. The van der Waals surface area contributed by atoms with Gasteiger partial charge in [-0.05, 0) is 60.4 Å². The number of amides is 4. The smallest absolute Gasteiger partial charge is 0.407 e. The molecule has 2 aromatic heterocycles. The first-order valence-corrected chi connectivity index (χ1v) is 20.6. The van der Waals surface area contributed by atoms with Gasteiger partial charge in [0.25, 0.3) is 5.91 Å². The molecule has 2 fully saturated rings. The molecule has 5 aromatic rings. The minimum atomic E-state index is -0.881. The predicted octanol–water partition coefficient (Wildman–Crippen LogP) is 7.76. The lowest BCUT2D eigenvalue weighted by Gasteiger charge is -2.31. The summed E-state index contributed by atoms with van der Waals surface area (Å²) in [5.41, 5.74) is 5.73. The Morgan fingerprint density at radius 2 is 1.45 bits per heavy atom. The number of benzene rings is 3. The van der Waals surface area contributed by atoms with E-state index in [9.17, 15) is 19.2 Å². The fraction of sp³-hybridized carbons (Fsp3) is 0.364. The zero-order chi connectivity index (χ0) is 40.5. The fourth-order valence-corrected chi connectivity index (χ4v) is 9.65. The van der Waals surface area contributed by atoms with Crippen LogP contribution in [0.25, 0.3) is 37.0 Å². The van der Waals surface area contributed by atoms with Gasteiger partial charge in [0.15, 0.2) is 0 Å². The summed E-state index contributed by atoms with van der Waals surface area (Å²) in [4.78, 5) is 68.7. The number of nitrogens with one attached hydrogen (secondary N) is 3. The molecule has 0 aliphatic carbocycles. The van der Waals surface area contributed by atoms with E-state index in [0.29, 0.717) is 30.9 Å². The Morgan fingerprint density at radius 3 is 2.14 bits per heavy atom. The number of carbonyl (C=O) groups excluding carboxylic acids is 4.